The summed E-state index contributed by atoms with van der Waals surface area (Å²) in [5.74, 6) is 1.05. The molecule has 2 heterocycles. The molecular formula is C17H25N5O2S. The number of nitrogens with zero attached hydrogens (tertiary/aromatic N) is 5. The third-order valence-corrected chi connectivity index (χ3v) is 5.29. The lowest BCUT2D eigenvalue weighted by Crippen LogP contribution is -2.41. The van der Waals surface area contributed by atoms with E-state index in [0.29, 0.717) is 23.4 Å². The maximum atomic E-state index is 10.3. The second kappa shape index (κ2) is 8.75. The van der Waals surface area contributed by atoms with Crippen molar-refractivity contribution in [1.29, 1.82) is 0 Å². The predicted molar refractivity (Wildman–Crippen MR) is 97.2 cm³/mol. The summed E-state index contributed by atoms with van der Waals surface area (Å²) < 4.78 is 7.05. The number of benzene rings is 1. The molecular weight excluding hydrogens is 338 g/mol. The average molecular weight is 363 g/mol. The van der Waals surface area contributed by atoms with Gasteiger partial charge in [-0.25, -0.2) is 0 Å². The van der Waals surface area contributed by atoms with Crippen LogP contribution in [-0.2, 0) is 4.74 Å². The first-order chi connectivity index (χ1) is 12.1. The van der Waals surface area contributed by atoms with Crippen molar-refractivity contribution in [3.05, 3.63) is 29.8 Å². The monoisotopic (exact) mass is 363 g/mol. The molecule has 8 heteroatoms. The summed E-state index contributed by atoms with van der Waals surface area (Å²) >= 11 is 1.47. The molecule has 25 heavy (non-hydrogen) atoms. The van der Waals surface area contributed by atoms with Crippen LogP contribution in [0.5, 0.6) is 0 Å². The van der Waals surface area contributed by atoms with Crippen molar-refractivity contribution in [3.8, 4) is 5.69 Å². The Labute approximate surface area is 152 Å². The molecule has 136 valence electrons. The van der Waals surface area contributed by atoms with Gasteiger partial charge in [-0.15, -0.1) is 5.10 Å². The second-order valence-corrected chi connectivity index (χ2v) is 7.48. The minimum Gasteiger partial charge on any atom is -0.391 e. The van der Waals surface area contributed by atoms with Gasteiger partial charge < -0.3 is 9.84 Å². The molecule has 0 aliphatic carbocycles. The quantitative estimate of drug-likeness (QED) is 0.748. The van der Waals surface area contributed by atoms with Crippen molar-refractivity contribution in [2.75, 3.05) is 38.6 Å². The van der Waals surface area contributed by atoms with Crippen LogP contribution < -0.4 is 0 Å². The average Bonchev–Trinajstić information content (AvgIpc) is 3.09. The van der Waals surface area contributed by atoms with Crippen LogP contribution in [0.3, 0.4) is 0 Å². The summed E-state index contributed by atoms with van der Waals surface area (Å²) in [7, 11) is 0. The first-order valence-corrected chi connectivity index (χ1v) is 9.61. The number of hydrogen-bond acceptors (Lipinski definition) is 7. The number of aliphatic hydroxyl groups is 1. The van der Waals surface area contributed by atoms with Gasteiger partial charge in [0.25, 0.3) is 0 Å². The number of hydrogen-bond donors (Lipinski definition) is 1. The van der Waals surface area contributed by atoms with E-state index in [4.69, 9.17) is 4.74 Å². The molecule has 0 saturated carbocycles. The number of aromatic nitrogens is 4. The lowest BCUT2D eigenvalue weighted by Gasteiger charge is -2.28. The van der Waals surface area contributed by atoms with E-state index in [1.807, 2.05) is 12.1 Å². The van der Waals surface area contributed by atoms with Crippen molar-refractivity contribution in [2.24, 2.45) is 0 Å². The Hall–Kier alpha value is -1.48. The molecule has 1 N–H and O–H groups in total. The van der Waals surface area contributed by atoms with Gasteiger partial charge in [0.15, 0.2) is 0 Å². The zero-order valence-corrected chi connectivity index (χ0v) is 15.5. The van der Waals surface area contributed by atoms with Crippen LogP contribution in [0.1, 0.15) is 25.3 Å². The molecule has 2 aromatic rings. The Kier molecular flexibility index (Phi) is 6.41. The summed E-state index contributed by atoms with van der Waals surface area (Å²) in [5, 5.41) is 22.9. The highest BCUT2D eigenvalue weighted by molar-refractivity contribution is 7.99. The zero-order valence-electron chi connectivity index (χ0n) is 14.7. The summed E-state index contributed by atoms with van der Waals surface area (Å²) in [5.41, 5.74) is 2.21. The number of rotatable bonds is 7. The number of morpholine rings is 1. The van der Waals surface area contributed by atoms with Gasteiger partial charge in [0.2, 0.25) is 5.16 Å². The van der Waals surface area contributed by atoms with Crippen molar-refractivity contribution in [2.45, 2.75) is 31.0 Å². The Morgan fingerprint density at radius 1 is 1.20 bits per heavy atom. The highest BCUT2D eigenvalue weighted by Gasteiger charge is 2.17. The predicted octanol–water partition coefficient (Wildman–Crippen LogP) is 1.57. The molecule has 1 saturated heterocycles. The number of ether oxygens (including phenoxy) is 1. The number of aliphatic hydroxyl groups excluding tert-OH is 1. The molecule has 1 atom stereocenters. The van der Waals surface area contributed by atoms with Crippen LogP contribution in [-0.4, -0.2) is 74.9 Å². The number of thioether (sulfide) groups is 1. The van der Waals surface area contributed by atoms with Crippen molar-refractivity contribution >= 4 is 11.8 Å². The first kappa shape index (κ1) is 18.3. The molecule has 0 amide bonds. The van der Waals surface area contributed by atoms with E-state index in [-0.39, 0.29) is 0 Å². The fourth-order valence-corrected chi connectivity index (χ4v) is 3.54. The summed E-state index contributed by atoms with van der Waals surface area (Å²) in [4.78, 5) is 2.22. The van der Waals surface area contributed by atoms with E-state index in [1.165, 1.54) is 17.3 Å². The summed E-state index contributed by atoms with van der Waals surface area (Å²) in [6.07, 6.45) is -0.420. The van der Waals surface area contributed by atoms with E-state index in [2.05, 4.69) is 46.4 Å². The molecule has 0 bridgehead atoms. The maximum Gasteiger partial charge on any atom is 0.214 e. The molecule has 0 unspecified atom stereocenters. The maximum absolute atomic E-state index is 10.3. The molecule has 0 radical (unpaired) electrons. The minimum absolute atomic E-state index is 0.420. The van der Waals surface area contributed by atoms with Crippen molar-refractivity contribution < 1.29 is 9.84 Å². The third-order valence-electron chi connectivity index (χ3n) is 4.22. The van der Waals surface area contributed by atoms with E-state index in [1.54, 1.807) is 4.68 Å². The van der Waals surface area contributed by atoms with Crippen LogP contribution in [0.4, 0.5) is 0 Å². The Morgan fingerprint density at radius 2 is 1.92 bits per heavy atom. The van der Waals surface area contributed by atoms with Gasteiger partial charge in [-0.2, -0.15) is 4.68 Å². The van der Waals surface area contributed by atoms with Crippen LogP contribution in [0.2, 0.25) is 0 Å². The van der Waals surface area contributed by atoms with Gasteiger partial charge in [0.1, 0.15) is 0 Å². The van der Waals surface area contributed by atoms with Crippen molar-refractivity contribution in [3.63, 3.8) is 0 Å². The smallest absolute Gasteiger partial charge is 0.214 e. The fourth-order valence-electron chi connectivity index (χ4n) is 2.74. The van der Waals surface area contributed by atoms with Crippen LogP contribution >= 0.6 is 11.8 Å². The topological polar surface area (TPSA) is 76.3 Å². The van der Waals surface area contributed by atoms with Gasteiger partial charge in [-0.1, -0.05) is 37.7 Å². The van der Waals surface area contributed by atoms with Crippen molar-refractivity contribution in [1.82, 2.24) is 25.1 Å². The summed E-state index contributed by atoms with van der Waals surface area (Å²) in [6.45, 7) is 8.23. The van der Waals surface area contributed by atoms with Crippen LogP contribution in [0.15, 0.2) is 29.4 Å². The SMILES string of the molecule is CC(C)c1ccc(-n2nnnc2SC[C@@H](O)CN2CCOCC2)cc1. The molecule has 1 fully saturated rings. The molecule has 1 aliphatic heterocycles. The Balaban J connectivity index is 1.57. The minimum atomic E-state index is -0.420. The third kappa shape index (κ3) is 5.01. The highest BCUT2D eigenvalue weighted by atomic mass is 32.2. The largest absolute Gasteiger partial charge is 0.391 e. The highest BCUT2D eigenvalue weighted by Crippen LogP contribution is 2.21. The summed E-state index contributed by atoms with van der Waals surface area (Å²) in [6, 6.07) is 8.26. The molecule has 1 aliphatic rings. The molecule has 1 aromatic heterocycles. The second-order valence-electron chi connectivity index (χ2n) is 6.50. The molecule has 0 spiro atoms. The molecule has 3 rings (SSSR count). The van der Waals surface area contributed by atoms with Gasteiger partial charge in [0, 0.05) is 25.4 Å². The lowest BCUT2D eigenvalue weighted by molar-refractivity contribution is 0.0188. The van der Waals surface area contributed by atoms with Gasteiger partial charge >= 0.3 is 0 Å². The van der Waals surface area contributed by atoms with Gasteiger partial charge in [0.05, 0.1) is 25.0 Å². The molecule has 7 nitrogen and oxygen atoms in total. The Bertz CT molecular complexity index is 655. The van der Waals surface area contributed by atoms with E-state index in [9.17, 15) is 5.11 Å². The van der Waals surface area contributed by atoms with Gasteiger partial charge in [-0.3, -0.25) is 4.90 Å². The van der Waals surface area contributed by atoms with Gasteiger partial charge in [-0.05, 0) is 34.0 Å². The zero-order chi connectivity index (χ0) is 17.6. The molecule has 1 aromatic carbocycles. The Morgan fingerprint density at radius 3 is 2.60 bits per heavy atom. The lowest BCUT2D eigenvalue weighted by atomic mass is 10.0. The van der Waals surface area contributed by atoms with E-state index in [0.717, 1.165) is 32.0 Å². The standard InChI is InChI=1S/C17H25N5O2S/c1-13(2)14-3-5-15(6-4-14)22-17(18-19-20-22)25-12-16(23)11-21-7-9-24-10-8-21/h3-6,13,16,23H,7-12H2,1-2H3/t16-/m0/s1. The normalized spacial score (nSPS) is 17.1. The van der Waals surface area contributed by atoms with Crippen LogP contribution in [0.25, 0.3) is 5.69 Å². The first-order valence-electron chi connectivity index (χ1n) is 8.63. The van der Waals surface area contributed by atoms with E-state index < -0.39 is 6.10 Å². The van der Waals surface area contributed by atoms with E-state index >= 15 is 0 Å². The fraction of sp³-hybridized carbons (Fsp3) is 0.588. The van der Waals surface area contributed by atoms with Crippen LogP contribution in [0, 0.1) is 0 Å². The number of tetrazole rings is 1. The number of β-amino-alcohol motifs (C(OH)–C–C–N with tert-alkyl or cyclic N) is 1.